The van der Waals surface area contributed by atoms with Crippen LogP contribution in [0.3, 0.4) is 0 Å². The van der Waals surface area contributed by atoms with Crippen molar-refractivity contribution in [2.24, 2.45) is 5.73 Å². The summed E-state index contributed by atoms with van der Waals surface area (Å²) in [5.74, 6) is 0. The Kier molecular flexibility index (Phi) is 17.3. The van der Waals surface area contributed by atoms with Crippen LogP contribution in [0.25, 0.3) is 0 Å². The van der Waals surface area contributed by atoms with Gasteiger partial charge in [-0.2, -0.15) is 0 Å². The second kappa shape index (κ2) is 15.4. The molecule has 0 amide bonds. The first-order valence-corrected chi connectivity index (χ1v) is 10.1. The van der Waals surface area contributed by atoms with Crippen molar-refractivity contribution in [2.75, 3.05) is 19.8 Å². The summed E-state index contributed by atoms with van der Waals surface area (Å²) in [5, 5.41) is 0. The fourth-order valence-corrected chi connectivity index (χ4v) is 4.40. The second-order valence-corrected chi connectivity index (χ2v) is 7.44. The molecule has 0 aromatic carbocycles. The summed E-state index contributed by atoms with van der Waals surface area (Å²) in [7, 11) is -2.62. The van der Waals surface area contributed by atoms with Gasteiger partial charge in [0.15, 0.2) is 0 Å². The van der Waals surface area contributed by atoms with E-state index in [4.69, 9.17) is 19.0 Å². The Morgan fingerprint density at radius 3 is 1.30 bits per heavy atom. The van der Waals surface area contributed by atoms with E-state index in [9.17, 15) is 0 Å². The molecule has 0 spiro atoms. The van der Waals surface area contributed by atoms with Gasteiger partial charge in [-0.1, -0.05) is 46.5 Å². The van der Waals surface area contributed by atoms with E-state index in [1.165, 1.54) is 25.7 Å². The van der Waals surface area contributed by atoms with Crippen LogP contribution in [0.1, 0.15) is 73.6 Å². The molecule has 1 atom stereocenters. The molecule has 1 unspecified atom stereocenters. The molecule has 0 aromatic heterocycles. The van der Waals surface area contributed by atoms with Crippen LogP contribution < -0.4 is 5.73 Å². The minimum atomic E-state index is -2.62. The van der Waals surface area contributed by atoms with Gasteiger partial charge in [-0.15, -0.1) is 0 Å². The molecule has 0 bridgehead atoms. The lowest BCUT2D eigenvalue weighted by atomic mass is 10.2. The van der Waals surface area contributed by atoms with Crippen molar-refractivity contribution < 1.29 is 13.3 Å². The molecule has 0 saturated carbocycles. The molecule has 20 heavy (non-hydrogen) atoms. The average molecular weight is 308 g/mol. The SMILES string of the molecule is CCCCCC.CCO[Si](OCC)(OCC)C(N)CC. The highest BCUT2D eigenvalue weighted by molar-refractivity contribution is 6.62. The average Bonchev–Trinajstić information content (AvgIpc) is 2.45. The maximum absolute atomic E-state index is 6.00. The zero-order chi connectivity index (χ0) is 15.9. The van der Waals surface area contributed by atoms with Gasteiger partial charge >= 0.3 is 8.80 Å². The molecule has 0 aromatic rings. The van der Waals surface area contributed by atoms with Gasteiger partial charge in [0.2, 0.25) is 0 Å². The van der Waals surface area contributed by atoms with E-state index in [-0.39, 0.29) is 5.67 Å². The Hall–Kier alpha value is 0.0569. The largest absolute Gasteiger partial charge is 0.518 e. The van der Waals surface area contributed by atoms with Gasteiger partial charge in [-0.3, -0.25) is 0 Å². The highest BCUT2D eigenvalue weighted by atomic mass is 28.4. The van der Waals surface area contributed by atoms with Crippen molar-refractivity contribution in [1.82, 2.24) is 0 Å². The van der Waals surface area contributed by atoms with Crippen molar-refractivity contribution in [3.05, 3.63) is 0 Å². The molecule has 0 rings (SSSR count). The molecule has 0 heterocycles. The number of rotatable bonds is 11. The molecular formula is C15H37NO3Si. The molecule has 0 fully saturated rings. The van der Waals surface area contributed by atoms with E-state index in [0.717, 1.165) is 6.42 Å². The molecule has 2 N–H and O–H groups in total. The molecule has 0 radical (unpaired) electrons. The standard InChI is InChI=1S/C9H23NO3Si.C6H14/c1-5-9(10)14(11-6-2,12-7-3)13-8-4;1-3-5-6-4-2/h9H,5-8,10H2,1-4H3;3-6H2,1-2H3. The molecule has 0 aliphatic heterocycles. The van der Waals surface area contributed by atoms with Crippen LogP contribution in [0, 0.1) is 0 Å². The Labute approximate surface area is 127 Å². The Balaban J connectivity index is 0. The third kappa shape index (κ3) is 9.88. The van der Waals surface area contributed by atoms with Gasteiger partial charge in [-0.25, -0.2) is 0 Å². The van der Waals surface area contributed by atoms with Crippen LogP contribution in [0.2, 0.25) is 0 Å². The molecule has 5 heteroatoms. The zero-order valence-corrected chi connectivity index (χ0v) is 15.5. The molecule has 0 saturated heterocycles. The van der Waals surface area contributed by atoms with Crippen molar-refractivity contribution in [1.29, 1.82) is 0 Å². The maximum atomic E-state index is 6.00. The molecule has 4 nitrogen and oxygen atoms in total. The third-order valence-electron chi connectivity index (χ3n) is 2.89. The van der Waals surface area contributed by atoms with E-state index < -0.39 is 8.80 Å². The third-order valence-corrected chi connectivity index (χ3v) is 6.28. The van der Waals surface area contributed by atoms with Gasteiger partial charge in [0.1, 0.15) is 0 Å². The first-order chi connectivity index (χ1) is 9.58. The van der Waals surface area contributed by atoms with E-state index in [1.807, 2.05) is 27.7 Å². The monoisotopic (exact) mass is 307 g/mol. The van der Waals surface area contributed by atoms with Gasteiger partial charge in [-0.05, 0) is 27.2 Å². The maximum Gasteiger partial charge on any atom is 0.518 e. The Morgan fingerprint density at radius 1 is 0.750 bits per heavy atom. The van der Waals surface area contributed by atoms with Gasteiger partial charge in [0, 0.05) is 19.8 Å². The van der Waals surface area contributed by atoms with E-state index >= 15 is 0 Å². The highest BCUT2D eigenvalue weighted by Crippen LogP contribution is 2.15. The predicted molar refractivity (Wildman–Crippen MR) is 88.7 cm³/mol. The number of hydrogen-bond acceptors (Lipinski definition) is 4. The topological polar surface area (TPSA) is 53.7 Å². The number of hydrogen-bond donors (Lipinski definition) is 1. The summed E-state index contributed by atoms with van der Waals surface area (Å²) in [6, 6.07) is 0. The minimum absolute atomic E-state index is 0.123. The fourth-order valence-electron chi connectivity index (χ4n) is 1.80. The normalized spacial score (nSPS) is 12.8. The van der Waals surface area contributed by atoms with Gasteiger partial charge in [0.05, 0.1) is 5.67 Å². The summed E-state index contributed by atoms with van der Waals surface area (Å²) in [6.07, 6.45) is 6.35. The van der Waals surface area contributed by atoms with E-state index in [1.54, 1.807) is 0 Å². The fraction of sp³-hybridized carbons (Fsp3) is 1.00. The van der Waals surface area contributed by atoms with Crippen molar-refractivity contribution in [2.45, 2.75) is 79.3 Å². The molecule has 0 aliphatic carbocycles. The van der Waals surface area contributed by atoms with Crippen LogP contribution in [0.4, 0.5) is 0 Å². The molecule has 0 aliphatic rings. The lowest BCUT2D eigenvalue weighted by Gasteiger charge is -2.32. The van der Waals surface area contributed by atoms with Crippen molar-refractivity contribution >= 4 is 8.80 Å². The Morgan fingerprint density at radius 2 is 1.10 bits per heavy atom. The summed E-state index contributed by atoms with van der Waals surface area (Å²) in [6.45, 7) is 14.0. The van der Waals surface area contributed by atoms with Crippen LogP contribution in [0.5, 0.6) is 0 Å². The lowest BCUT2D eigenvalue weighted by Crippen LogP contribution is -2.60. The second-order valence-electron chi connectivity index (χ2n) is 4.62. The summed E-state index contributed by atoms with van der Waals surface area (Å²) >= 11 is 0. The van der Waals surface area contributed by atoms with Crippen LogP contribution in [0.15, 0.2) is 0 Å². The first-order valence-electron chi connectivity index (χ1n) is 8.25. The number of unbranched alkanes of at least 4 members (excludes halogenated alkanes) is 3. The predicted octanol–water partition coefficient (Wildman–Crippen LogP) is 3.90. The van der Waals surface area contributed by atoms with Crippen LogP contribution in [-0.4, -0.2) is 34.3 Å². The minimum Gasteiger partial charge on any atom is -0.373 e. The highest BCUT2D eigenvalue weighted by Gasteiger charge is 2.46. The van der Waals surface area contributed by atoms with Gasteiger partial charge in [0.25, 0.3) is 0 Å². The lowest BCUT2D eigenvalue weighted by molar-refractivity contribution is 0.0618. The number of nitrogens with two attached hydrogens (primary N) is 1. The van der Waals surface area contributed by atoms with Crippen LogP contribution >= 0.6 is 0 Å². The summed E-state index contributed by atoms with van der Waals surface area (Å²) in [5.41, 5.74) is 5.87. The summed E-state index contributed by atoms with van der Waals surface area (Å²) < 4.78 is 16.9. The van der Waals surface area contributed by atoms with Crippen LogP contribution in [-0.2, 0) is 13.3 Å². The van der Waals surface area contributed by atoms with Crippen molar-refractivity contribution in [3.8, 4) is 0 Å². The smallest absolute Gasteiger partial charge is 0.373 e. The van der Waals surface area contributed by atoms with Gasteiger partial charge < -0.3 is 19.0 Å². The first kappa shape index (κ1) is 22.3. The quantitative estimate of drug-likeness (QED) is 0.464. The van der Waals surface area contributed by atoms with Crippen molar-refractivity contribution in [3.63, 3.8) is 0 Å². The summed E-state index contributed by atoms with van der Waals surface area (Å²) in [4.78, 5) is 0. The Bertz CT molecular complexity index is 173. The van der Waals surface area contributed by atoms with E-state index in [2.05, 4.69) is 13.8 Å². The zero-order valence-electron chi connectivity index (χ0n) is 14.5. The van der Waals surface area contributed by atoms with E-state index in [0.29, 0.717) is 19.8 Å². The molecular weight excluding hydrogens is 270 g/mol. The molecule has 124 valence electrons.